The number of nitrogens with zero attached hydrogens (tertiary/aromatic N) is 1. The van der Waals surface area contributed by atoms with Crippen LogP contribution < -0.4 is 10.6 Å². The monoisotopic (exact) mass is 485 g/mol. The summed E-state index contributed by atoms with van der Waals surface area (Å²) in [5.74, 6) is -2.45. The molecule has 1 atom stereocenters. The van der Waals surface area contributed by atoms with Gasteiger partial charge in [0.1, 0.15) is 6.04 Å². The lowest BCUT2D eigenvalue weighted by Gasteiger charge is -2.17. The molecule has 1 unspecified atom stereocenters. The number of nitrogens with one attached hydrogen (secondary N) is 2. The van der Waals surface area contributed by atoms with E-state index in [0.717, 1.165) is 4.90 Å². The van der Waals surface area contributed by atoms with Gasteiger partial charge in [-0.3, -0.25) is 28.9 Å². The molecule has 1 aliphatic heterocycles. The Morgan fingerprint density at radius 1 is 0.943 bits per heavy atom. The van der Waals surface area contributed by atoms with Crippen LogP contribution >= 0.6 is 0 Å². The largest absolute Gasteiger partial charge is 0.467 e. The Morgan fingerprint density at radius 3 is 2.29 bits per heavy atom. The van der Waals surface area contributed by atoms with Gasteiger partial charge in [0.15, 0.2) is 5.78 Å². The molecule has 1 heterocycles. The summed E-state index contributed by atoms with van der Waals surface area (Å²) >= 11 is 0. The van der Waals surface area contributed by atoms with E-state index >= 15 is 0 Å². The Balaban J connectivity index is 1.89. The standard InChI is InChI=1S/C25H31N3O7/c1-3-9-21(30)27-19(25(34)35-2)16-20(29)17-10-6-7-11-18(17)26-22(31)12-5-4-8-15-28-23(32)13-14-24(28)33/h6-7,10-11,13-14,19H,3-5,8-9,12,15-16H2,1-2H3,(H,26,31)(H,27,30). The number of methoxy groups -OCH3 is 1. The van der Waals surface area contributed by atoms with Crippen LogP contribution in [-0.4, -0.2) is 60.0 Å². The van der Waals surface area contributed by atoms with Crippen molar-refractivity contribution in [3.63, 3.8) is 0 Å². The summed E-state index contributed by atoms with van der Waals surface area (Å²) < 4.78 is 4.71. The molecule has 0 aliphatic carbocycles. The number of Topliss-reactive ketones (excluding diaryl/α,β-unsaturated/α-hetero) is 1. The van der Waals surface area contributed by atoms with Crippen LogP contribution in [0, 0.1) is 0 Å². The van der Waals surface area contributed by atoms with Crippen LogP contribution in [0.1, 0.15) is 62.2 Å². The Labute approximate surface area is 204 Å². The van der Waals surface area contributed by atoms with Crippen LogP contribution in [0.15, 0.2) is 36.4 Å². The molecule has 1 aliphatic rings. The number of hydrogen-bond donors (Lipinski definition) is 2. The van der Waals surface area contributed by atoms with E-state index in [9.17, 15) is 28.8 Å². The van der Waals surface area contributed by atoms with Crippen LogP contribution in [0.5, 0.6) is 0 Å². The van der Waals surface area contributed by atoms with E-state index in [2.05, 4.69) is 10.6 Å². The van der Waals surface area contributed by atoms with Gasteiger partial charge in [-0.25, -0.2) is 4.79 Å². The predicted molar refractivity (Wildman–Crippen MR) is 127 cm³/mol. The van der Waals surface area contributed by atoms with E-state index in [1.54, 1.807) is 18.2 Å². The Hall–Kier alpha value is -3.82. The van der Waals surface area contributed by atoms with E-state index in [-0.39, 0.29) is 48.5 Å². The molecule has 0 saturated heterocycles. The van der Waals surface area contributed by atoms with E-state index in [1.165, 1.54) is 25.3 Å². The first-order valence-corrected chi connectivity index (χ1v) is 11.6. The van der Waals surface area contributed by atoms with E-state index in [4.69, 9.17) is 4.74 Å². The van der Waals surface area contributed by atoms with Gasteiger partial charge in [-0.05, 0) is 31.4 Å². The lowest BCUT2D eigenvalue weighted by Crippen LogP contribution is -2.42. The lowest BCUT2D eigenvalue weighted by molar-refractivity contribution is -0.145. The third-order valence-corrected chi connectivity index (χ3v) is 5.38. The Kier molecular flexibility index (Phi) is 10.8. The second-order valence-electron chi connectivity index (χ2n) is 8.09. The van der Waals surface area contributed by atoms with Crippen molar-refractivity contribution in [1.82, 2.24) is 10.2 Å². The van der Waals surface area contributed by atoms with Gasteiger partial charge in [-0.2, -0.15) is 0 Å². The number of anilines is 1. The summed E-state index contributed by atoms with van der Waals surface area (Å²) in [6, 6.07) is 5.32. The Bertz CT molecular complexity index is 985. The summed E-state index contributed by atoms with van der Waals surface area (Å²) in [6.07, 6.45) is 4.94. The zero-order valence-corrected chi connectivity index (χ0v) is 20.0. The molecule has 4 amide bonds. The molecule has 10 heteroatoms. The fourth-order valence-electron chi connectivity index (χ4n) is 3.56. The average molecular weight is 486 g/mol. The molecule has 1 aromatic carbocycles. The zero-order chi connectivity index (χ0) is 25.8. The number of para-hydroxylation sites is 1. The van der Waals surface area contributed by atoms with Gasteiger partial charge in [0.05, 0.1) is 12.8 Å². The lowest BCUT2D eigenvalue weighted by atomic mass is 10.0. The fraction of sp³-hybridized carbons (Fsp3) is 0.440. The maximum Gasteiger partial charge on any atom is 0.328 e. The fourth-order valence-corrected chi connectivity index (χ4v) is 3.56. The van der Waals surface area contributed by atoms with Crippen molar-refractivity contribution < 1.29 is 33.5 Å². The first-order chi connectivity index (χ1) is 16.8. The van der Waals surface area contributed by atoms with Crippen LogP contribution in [0.4, 0.5) is 5.69 Å². The second-order valence-corrected chi connectivity index (χ2v) is 8.09. The van der Waals surface area contributed by atoms with Crippen molar-refractivity contribution in [2.75, 3.05) is 19.0 Å². The number of carbonyl (C=O) groups excluding carboxylic acids is 6. The SMILES string of the molecule is CCCC(=O)NC(CC(=O)c1ccccc1NC(=O)CCCCCN1C(=O)C=CC1=O)C(=O)OC. The maximum absolute atomic E-state index is 12.9. The predicted octanol–water partition coefficient (Wildman–Crippen LogP) is 2.14. The van der Waals surface area contributed by atoms with E-state index in [0.29, 0.717) is 37.9 Å². The molecule has 0 spiro atoms. The second kappa shape index (κ2) is 13.8. The van der Waals surface area contributed by atoms with Crippen LogP contribution in [0.25, 0.3) is 0 Å². The highest BCUT2D eigenvalue weighted by Gasteiger charge is 2.26. The summed E-state index contributed by atoms with van der Waals surface area (Å²) in [6.45, 7) is 2.13. The molecule has 0 saturated carbocycles. The number of unbranched alkanes of at least 4 members (excludes halogenated alkanes) is 2. The summed E-state index contributed by atoms with van der Waals surface area (Å²) in [5.41, 5.74) is 0.531. The Morgan fingerprint density at radius 2 is 1.63 bits per heavy atom. The van der Waals surface area contributed by atoms with Gasteiger partial charge in [0.25, 0.3) is 11.8 Å². The molecular weight excluding hydrogens is 454 g/mol. The van der Waals surface area contributed by atoms with E-state index in [1.807, 2.05) is 6.92 Å². The summed E-state index contributed by atoms with van der Waals surface area (Å²) in [4.78, 5) is 73.6. The van der Waals surface area contributed by atoms with Crippen molar-refractivity contribution in [3.05, 3.63) is 42.0 Å². The average Bonchev–Trinajstić information content (AvgIpc) is 3.15. The first kappa shape index (κ1) is 27.4. The highest BCUT2D eigenvalue weighted by atomic mass is 16.5. The number of esters is 1. The van der Waals surface area contributed by atoms with Crippen molar-refractivity contribution in [1.29, 1.82) is 0 Å². The molecule has 2 N–H and O–H groups in total. The van der Waals surface area contributed by atoms with Crippen LogP contribution in [-0.2, 0) is 28.7 Å². The highest BCUT2D eigenvalue weighted by Crippen LogP contribution is 2.19. The minimum Gasteiger partial charge on any atom is -0.467 e. The normalized spacial score (nSPS) is 13.5. The van der Waals surface area contributed by atoms with Crippen molar-refractivity contribution in [2.45, 2.75) is 57.9 Å². The molecule has 0 fully saturated rings. The first-order valence-electron chi connectivity index (χ1n) is 11.6. The molecule has 1 aromatic rings. The van der Waals surface area contributed by atoms with E-state index < -0.39 is 17.8 Å². The molecular formula is C25H31N3O7. The molecule has 35 heavy (non-hydrogen) atoms. The van der Waals surface area contributed by atoms with Crippen LogP contribution in [0.3, 0.4) is 0 Å². The number of ether oxygens (including phenoxy) is 1. The summed E-state index contributed by atoms with van der Waals surface area (Å²) in [5, 5.41) is 5.25. The van der Waals surface area contributed by atoms with Gasteiger partial charge >= 0.3 is 5.97 Å². The zero-order valence-electron chi connectivity index (χ0n) is 20.0. The van der Waals surface area contributed by atoms with Gasteiger partial charge in [-0.15, -0.1) is 0 Å². The molecule has 188 valence electrons. The minimum absolute atomic E-state index is 0.195. The third-order valence-electron chi connectivity index (χ3n) is 5.38. The minimum atomic E-state index is -1.13. The highest BCUT2D eigenvalue weighted by molar-refractivity contribution is 6.12. The number of rotatable bonds is 14. The summed E-state index contributed by atoms with van der Waals surface area (Å²) in [7, 11) is 1.18. The van der Waals surface area contributed by atoms with Gasteiger partial charge in [0.2, 0.25) is 11.8 Å². The number of benzene rings is 1. The number of amides is 4. The van der Waals surface area contributed by atoms with Gasteiger partial charge in [-0.1, -0.05) is 25.5 Å². The van der Waals surface area contributed by atoms with Crippen molar-refractivity contribution in [2.24, 2.45) is 0 Å². The number of carbonyl (C=O) groups is 6. The quantitative estimate of drug-likeness (QED) is 0.178. The molecule has 0 radical (unpaired) electrons. The molecule has 0 aromatic heterocycles. The smallest absolute Gasteiger partial charge is 0.328 e. The van der Waals surface area contributed by atoms with Crippen molar-refractivity contribution in [3.8, 4) is 0 Å². The number of hydrogen-bond acceptors (Lipinski definition) is 7. The number of imide groups is 1. The van der Waals surface area contributed by atoms with Gasteiger partial charge in [0, 0.05) is 43.5 Å². The molecule has 2 rings (SSSR count). The number of ketones is 1. The van der Waals surface area contributed by atoms with Crippen molar-refractivity contribution >= 4 is 41.1 Å². The maximum atomic E-state index is 12.9. The topological polar surface area (TPSA) is 139 Å². The van der Waals surface area contributed by atoms with Gasteiger partial charge < -0.3 is 15.4 Å². The molecule has 0 bridgehead atoms. The third kappa shape index (κ3) is 8.47. The van der Waals surface area contributed by atoms with Crippen LogP contribution in [0.2, 0.25) is 0 Å². The molecule has 10 nitrogen and oxygen atoms in total.